The van der Waals surface area contributed by atoms with E-state index in [0.29, 0.717) is 15.8 Å². The van der Waals surface area contributed by atoms with Crippen molar-refractivity contribution in [1.29, 1.82) is 0 Å². The van der Waals surface area contributed by atoms with Gasteiger partial charge in [-0.1, -0.05) is 11.6 Å². The molecule has 0 radical (unpaired) electrons. The minimum absolute atomic E-state index is 0.307. The Morgan fingerprint density at radius 1 is 1.38 bits per heavy atom. The van der Waals surface area contributed by atoms with Gasteiger partial charge in [-0.15, -0.1) is 0 Å². The summed E-state index contributed by atoms with van der Waals surface area (Å²) < 4.78 is 23.0. The van der Waals surface area contributed by atoms with E-state index in [2.05, 4.69) is 5.32 Å². The maximum atomic E-state index is 11.5. The molecule has 0 saturated carbocycles. The highest BCUT2D eigenvalue weighted by Gasteiger charge is 2.19. The molecule has 1 heterocycles. The van der Waals surface area contributed by atoms with Gasteiger partial charge in [-0.3, -0.25) is 0 Å². The second-order valence-corrected chi connectivity index (χ2v) is 6.63. The summed E-state index contributed by atoms with van der Waals surface area (Å²) in [6.07, 6.45) is 2.24. The molecule has 1 unspecified atom stereocenters. The number of rotatable bonds is 2. The van der Waals surface area contributed by atoms with Gasteiger partial charge in [-0.25, -0.2) is 8.42 Å². The Balaban J connectivity index is 2.43. The molecule has 1 atom stereocenters. The minimum atomic E-state index is -3.18. The summed E-state index contributed by atoms with van der Waals surface area (Å²) in [6, 6.07) is 5.09. The molecule has 0 spiro atoms. The van der Waals surface area contributed by atoms with Crippen LogP contribution in [0.15, 0.2) is 23.1 Å². The van der Waals surface area contributed by atoms with Gasteiger partial charge in [0.25, 0.3) is 0 Å². The van der Waals surface area contributed by atoms with Gasteiger partial charge >= 0.3 is 0 Å². The molecule has 88 valence electrons. The third kappa shape index (κ3) is 2.56. The first kappa shape index (κ1) is 11.9. The first-order chi connectivity index (χ1) is 7.47. The van der Waals surface area contributed by atoms with Crippen molar-refractivity contribution in [2.45, 2.75) is 17.2 Å². The number of halogens is 1. The molecule has 1 N–H and O–H groups in total. The van der Waals surface area contributed by atoms with E-state index < -0.39 is 9.84 Å². The molecule has 2 rings (SSSR count). The molecular weight excluding hydrogens is 246 g/mol. The SMILES string of the molecule is CS(=O)(=O)c1cc(Cl)cc(C2CCNC2)c1. The lowest BCUT2D eigenvalue weighted by molar-refractivity contribution is 0.601. The molecule has 1 saturated heterocycles. The smallest absolute Gasteiger partial charge is 0.175 e. The van der Waals surface area contributed by atoms with E-state index in [1.165, 1.54) is 12.3 Å². The topological polar surface area (TPSA) is 46.2 Å². The number of sulfone groups is 1. The number of hydrogen-bond donors (Lipinski definition) is 1. The molecule has 1 aromatic rings. The summed E-state index contributed by atoms with van der Waals surface area (Å²) in [5.74, 6) is 0.374. The van der Waals surface area contributed by atoms with Crippen LogP contribution in [-0.2, 0) is 9.84 Å². The number of nitrogens with one attached hydrogen (secondary N) is 1. The predicted octanol–water partition coefficient (Wildman–Crippen LogP) is 1.82. The Labute approximate surface area is 101 Å². The molecule has 1 aliphatic rings. The van der Waals surface area contributed by atoms with E-state index in [1.807, 2.05) is 6.07 Å². The molecule has 1 aromatic carbocycles. The fraction of sp³-hybridized carbons (Fsp3) is 0.455. The number of hydrogen-bond acceptors (Lipinski definition) is 3. The Hall–Kier alpha value is -0.580. The Kier molecular flexibility index (Phi) is 3.24. The van der Waals surface area contributed by atoms with Gasteiger partial charge in [0.2, 0.25) is 0 Å². The highest BCUT2D eigenvalue weighted by atomic mass is 35.5. The first-order valence-corrected chi connectivity index (χ1v) is 7.45. The van der Waals surface area contributed by atoms with Gasteiger partial charge in [0.1, 0.15) is 0 Å². The highest BCUT2D eigenvalue weighted by molar-refractivity contribution is 7.90. The quantitative estimate of drug-likeness (QED) is 0.881. The molecule has 0 bridgehead atoms. The zero-order valence-electron chi connectivity index (χ0n) is 9.03. The Bertz CT molecular complexity index is 493. The fourth-order valence-electron chi connectivity index (χ4n) is 1.97. The van der Waals surface area contributed by atoms with Gasteiger partial charge in [0.05, 0.1) is 4.90 Å². The largest absolute Gasteiger partial charge is 0.316 e. The van der Waals surface area contributed by atoms with Crippen molar-refractivity contribution in [1.82, 2.24) is 5.32 Å². The predicted molar refractivity (Wildman–Crippen MR) is 64.8 cm³/mol. The first-order valence-electron chi connectivity index (χ1n) is 5.18. The van der Waals surface area contributed by atoms with Gasteiger partial charge < -0.3 is 5.32 Å². The molecule has 1 aliphatic heterocycles. The highest BCUT2D eigenvalue weighted by Crippen LogP contribution is 2.27. The summed E-state index contributed by atoms with van der Waals surface area (Å²) in [7, 11) is -3.18. The molecule has 0 amide bonds. The molecule has 3 nitrogen and oxygen atoms in total. The van der Waals surface area contributed by atoms with Crippen LogP contribution in [0.1, 0.15) is 17.9 Å². The van der Waals surface area contributed by atoms with E-state index in [1.54, 1.807) is 6.07 Å². The zero-order chi connectivity index (χ0) is 11.8. The molecule has 0 aliphatic carbocycles. The lowest BCUT2D eigenvalue weighted by Crippen LogP contribution is -2.08. The monoisotopic (exact) mass is 259 g/mol. The van der Waals surface area contributed by atoms with E-state index in [-0.39, 0.29) is 0 Å². The van der Waals surface area contributed by atoms with Crippen LogP contribution >= 0.6 is 11.6 Å². The van der Waals surface area contributed by atoms with Crippen molar-refractivity contribution in [2.75, 3.05) is 19.3 Å². The molecule has 0 aromatic heterocycles. The van der Waals surface area contributed by atoms with Crippen LogP contribution in [0.4, 0.5) is 0 Å². The summed E-state index contributed by atoms with van der Waals surface area (Å²) in [5.41, 5.74) is 1.01. The zero-order valence-corrected chi connectivity index (χ0v) is 10.6. The molecule has 5 heteroatoms. The van der Waals surface area contributed by atoms with Crippen LogP contribution in [-0.4, -0.2) is 27.8 Å². The van der Waals surface area contributed by atoms with Gasteiger partial charge in [-0.2, -0.15) is 0 Å². The standard InChI is InChI=1S/C11H14ClNO2S/c1-16(14,15)11-5-9(4-10(12)6-11)8-2-3-13-7-8/h4-6,8,13H,2-3,7H2,1H3. The summed E-state index contributed by atoms with van der Waals surface area (Å²) in [4.78, 5) is 0.307. The molecular formula is C11H14ClNO2S. The van der Waals surface area contributed by atoms with Gasteiger partial charge in [0, 0.05) is 17.8 Å². The van der Waals surface area contributed by atoms with Crippen LogP contribution in [0, 0.1) is 0 Å². The third-order valence-electron chi connectivity index (χ3n) is 2.85. The lowest BCUT2D eigenvalue weighted by atomic mass is 9.99. The van der Waals surface area contributed by atoms with Crippen LogP contribution in [0.5, 0.6) is 0 Å². The van der Waals surface area contributed by atoms with Crippen molar-refractivity contribution in [3.63, 3.8) is 0 Å². The van der Waals surface area contributed by atoms with Gasteiger partial charge in [0.15, 0.2) is 9.84 Å². The van der Waals surface area contributed by atoms with Crippen molar-refractivity contribution < 1.29 is 8.42 Å². The maximum Gasteiger partial charge on any atom is 0.175 e. The van der Waals surface area contributed by atoms with E-state index in [4.69, 9.17) is 11.6 Å². The normalized spacial score (nSPS) is 21.2. The second-order valence-electron chi connectivity index (χ2n) is 4.18. The van der Waals surface area contributed by atoms with Crippen LogP contribution in [0.2, 0.25) is 5.02 Å². The van der Waals surface area contributed by atoms with Crippen molar-refractivity contribution in [3.05, 3.63) is 28.8 Å². The van der Waals surface area contributed by atoms with Crippen LogP contribution in [0.3, 0.4) is 0 Å². The van der Waals surface area contributed by atoms with E-state index >= 15 is 0 Å². The third-order valence-corrected chi connectivity index (χ3v) is 4.16. The Morgan fingerprint density at radius 3 is 2.69 bits per heavy atom. The summed E-state index contributed by atoms with van der Waals surface area (Å²) >= 11 is 5.95. The maximum absolute atomic E-state index is 11.5. The second kappa shape index (κ2) is 4.35. The van der Waals surface area contributed by atoms with E-state index in [9.17, 15) is 8.42 Å². The Morgan fingerprint density at radius 2 is 2.12 bits per heavy atom. The van der Waals surface area contributed by atoms with E-state index in [0.717, 1.165) is 25.1 Å². The summed E-state index contributed by atoms with van der Waals surface area (Å²) in [6.45, 7) is 1.87. The summed E-state index contributed by atoms with van der Waals surface area (Å²) in [5, 5.41) is 3.75. The lowest BCUT2D eigenvalue weighted by Gasteiger charge is -2.11. The molecule has 1 fully saturated rings. The van der Waals surface area contributed by atoms with Gasteiger partial charge in [-0.05, 0) is 42.6 Å². The van der Waals surface area contributed by atoms with Crippen molar-refractivity contribution in [2.24, 2.45) is 0 Å². The average Bonchev–Trinajstić information content (AvgIpc) is 2.68. The van der Waals surface area contributed by atoms with Crippen LogP contribution in [0.25, 0.3) is 0 Å². The van der Waals surface area contributed by atoms with Crippen LogP contribution < -0.4 is 5.32 Å². The average molecular weight is 260 g/mol. The molecule has 16 heavy (non-hydrogen) atoms. The van der Waals surface area contributed by atoms with Crippen molar-refractivity contribution >= 4 is 21.4 Å². The fourth-order valence-corrected chi connectivity index (χ4v) is 2.97. The number of benzene rings is 1. The van der Waals surface area contributed by atoms with Crippen molar-refractivity contribution in [3.8, 4) is 0 Å². The minimum Gasteiger partial charge on any atom is -0.316 e.